The van der Waals surface area contributed by atoms with Gasteiger partial charge in [-0.2, -0.15) is 0 Å². The van der Waals surface area contributed by atoms with E-state index in [1.807, 2.05) is 28.9 Å². The predicted molar refractivity (Wildman–Crippen MR) is 191 cm³/mol. The minimum atomic E-state index is 0.906. The van der Waals surface area contributed by atoms with Gasteiger partial charge in [0.25, 0.3) is 0 Å². The van der Waals surface area contributed by atoms with Crippen LogP contribution in [0.3, 0.4) is 0 Å². The third kappa shape index (κ3) is 3.35. The number of hydrogen-bond acceptors (Lipinski definition) is 4. The van der Waals surface area contributed by atoms with E-state index in [1.54, 1.807) is 0 Å². The Hall–Kier alpha value is -5.16. The van der Waals surface area contributed by atoms with Crippen molar-refractivity contribution in [1.82, 2.24) is 9.97 Å². The van der Waals surface area contributed by atoms with E-state index in [1.165, 1.54) is 62.2 Å². The normalized spacial score (nSPS) is 12.1. The first-order valence-corrected chi connectivity index (χ1v) is 16.4. The fraction of sp³-hybridized carbons (Fsp3) is 0. The number of fused-ring (bicyclic) bond motifs is 12. The van der Waals surface area contributed by atoms with Gasteiger partial charge in [0, 0.05) is 67.8 Å². The maximum atomic E-state index is 5.34. The van der Waals surface area contributed by atoms with E-state index in [4.69, 9.17) is 9.97 Å². The lowest BCUT2D eigenvalue weighted by Gasteiger charge is -2.10. The van der Waals surface area contributed by atoms with Crippen LogP contribution in [0.5, 0.6) is 0 Å². The lowest BCUT2D eigenvalue weighted by atomic mass is 9.99. The molecule has 0 atom stereocenters. The van der Waals surface area contributed by atoms with Crippen LogP contribution in [0, 0.1) is 0 Å². The summed E-state index contributed by atoms with van der Waals surface area (Å²) in [5.74, 6) is 0. The molecule has 0 aliphatic carbocycles. The second-order valence-corrected chi connectivity index (χ2v) is 13.4. The standard InChI is InChI=1S/C40H22N2S2/c1-3-13-26-23(10-1)24-11-2-4-14-27(24)37-36(26)41-22-34(42-37)33-20-9-19-32-31-18-8-17-30(39(31)44-40(32)33)29-16-7-15-28-25-12-5-6-21-35(25)43-38(28)29/h1-22H. The molecular weight excluding hydrogens is 573 g/mol. The van der Waals surface area contributed by atoms with Crippen LogP contribution in [0.1, 0.15) is 0 Å². The summed E-state index contributed by atoms with van der Waals surface area (Å²) in [5.41, 5.74) is 6.52. The van der Waals surface area contributed by atoms with Gasteiger partial charge in [-0.1, -0.05) is 121 Å². The highest BCUT2D eigenvalue weighted by atomic mass is 32.1. The molecule has 0 unspecified atom stereocenters. The predicted octanol–water partition coefficient (Wildman–Crippen LogP) is 12.0. The van der Waals surface area contributed by atoms with Crippen LogP contribution in [0.2, 0.25) is 0 Å². The molecule has 0 N–H and O–H groups in total. The molecule has 3 heterocycles. The van der Waals surface area contributed by atoms with E-state index < -0.39 is 0 Å². The van der Waals surface area contributed by atoms with Crippen molar-refractivity contribution in [2.75, 3.05) is 0 Å². The molecule has 204 valence electrons. The highest BCUT2D eigenvalue weighted by molar-refractivity contribution is 7.27. The van der Waals surface area contributed by atoms with Crippen molar-refractivity contribution in [3.05, 3.63) is 134 Å². The third-order valence-corrected chi connectivity index (χ3v) is 11.4. The van der Waals surface area contributed by atoms with Gasteiger partial charge >= 0.3 is 0 Å². The quantitative estimate of drug-likeness (QED) is 0.186. The van der Waals surface area contributed by atoms with E-state index in [2.05, 4.69) is 127 Å². The van der Waals surface area contributed by atoms with Crippen molar-refractivity contribution in [2.45, 2.75) is 0 Å². The number of benzene rings is 7. The minimum Gasteiger partial charge on any atom is -0.252 e. The lowest BCUT2D eigenvalue weighted by Crippen LogP contribution is -1.92. The Kier molecular flexibility index (Phi) is 5.06. The van der Waals surface area contributed by atoms with E-state index in [0.717, 1.165) is 33.1 Å². The smallest absolute Gasteiger partial charge is 0.0979 e. The van der Waals surface area contributed by atoms with Crippen molar-refractivity contribution < 1.29 is 0 Å². The summed E-state index contributed by atoms with van der Waals surface area (Å²) in [6.45, 7) is 0. The maximum absolute atomic E-state index is 5.34. The Bertz CT molecular complexity index is 2750. The molecule has 10 rings (SSSR count). The van der Waals surface area contributed by atoms with Crippen LogP contribution >= 0.6 is 22.7 Å². The molecule has 3 aromatic heterocycles. The zero-order valence-corrected chi connectivity index (χ0v) is 25.0. The molecular formula is C40H22N2S2. The Labute approximate surface area is 260 Å². The molecule has 0 aliphatic rings. The van der Waals surface area contributed by atoms with Gasteiger partial charge in [-0.05, 0) is 16.8 Å². The third-order valence-electron chi connectivity index (χ3n) is 8.92. The van der Waals surface area contributed by atoms with Crippen LogP contribution in [0.15, 0.2) is 134 Å². The zero-order chi connectivity index (χ0) is 28.8. The average Bonchev–Trinajstić information content (AvgIpc) is 3.67. The molecule has 10 aromatic rings. The summed E-state index contributed by atoms with van der Waals surface area (Å²) in [7, 11) is 0. The highest BCUT2D eigenvalue weighted by Crippen LogP contribution is 2.47. The Morgan fingerprint density at radius 2 is 0.841 bits per heavy atom. The van der Waals surface area contributed by atoms with Gasteiger partial charge in [0.1, 0.15) is 0 Å². The van der Waals surface area contributed by atoms with Crippen molar-refractivity contribution in [3.8, 4) is 22.4 Å². The summed E-state index contributed by atoms with van der Waals surface area (Å²) >= 11 is 3.76. The fourth-order valence-corrected chi connectivity index (χ4v) is 9.53. The first-order chi connectivity index (χ1) is 21.8. The zero-order valence-electron chi connectivity index (χ0n) is 23.4. The molecule has 2 nitrogen and oxygen atoms in total. The summed E-state index contributed by atoms with van der Waals surface area (Å²) in [4.78, 5) is 10.4. The molecule has 0 spiro atoms. The van der Waals surface area contributed by atoms with Gasteiger partial charge in [0.2, 0.25) is 0 Å². The Balaban J connectivity index is 1.24. The first kappa shape index (κ1) is 24.3. The van der Waals surface area contributed by atoms with E-state index in [-0.39, 0.29) is 0 Å². The summed E-state index contributed by atoms with van der Waals surface area (Å²) in [6, 6.07) is 45.9. The van der Waals surface area contributed by atoms with Crippen LogP contribution in [0.4, 0.5) is 0 Å². The van der Waals surface area contributed by atoms with Gasteiger partial charge in [0.15, 0.2) is 0 Å². The molecule has 0 aliphatic heterocycles. The summed E-state index contributed by atoms with van der Waals surface area (Å²) < 4.78 is 5.23. The fourth-order valence-electron chi connectivity index (χ4n) is 6.95. The monoisotopic (exact) mass is 594 g/mol. The Morgan fingerprint density at radius 3 is 1.52 bits per heavy atom. The second-order valence-electron chi connectivity index (χ2n) is 11.3. The van der Waals surface area contributed by atoms with E-state index in [0.29, 0.717) is 0 Å². The number of aromatic nitrogens is 2. The highest BCUT2D eigenvalue weighted by Gasteiger charge is 2.18. The van der Waals surface area contributed by atoms with Crippen molar-refractivity contribution in [1.29, 1.82) is 0 Å². The van der Waals surface area contributed by atoms with Crippen molar-refractivity contribution >= 4 is 95.6 Å². The van der Waals surface area contributed by atoms with Crippen molar-refractivity contribution in [3.63, 3.8) is 0 Å². The SMILES string of the molecule is c1ccc2c(c1)sc1c(-c3cccc4c3sc3c(-c5cnc6c7ccccc7c7ccccc7c6n5)cccc34)cccc12. The molecule has 7 aromatic carbocycles. The number of nitrogens with zero attached hydrogens (tertiary/aromatic N) is 2. The molecule has 0 amide bonds. The average molecular weight is 595 g/mol. The molecule has 0 fully saturated rings. The van der Waals surface area contributed by atoms with Gasteiger partial charge in [-0.25, -0.2) is 4.98 Å². The van der Waals surface area contributed by atoms with Gasteiger partial charge < -0.3 is 0 Å². The number of thiophene rings is 2. The lowest BCUT2D eigenvalue weighted by molar-refractivity contribution is 1.31. The minimum absolute atomic E-state index is 0.906. The van der Waals surface area contributed by atoms with Crippen LogP contribution in [-0.4, -0.2) is 9.97 Å². The molecule has 0 bridgehead atoms. The van der Waals surface area contributed by atoms with E-state index >= 15 is 0 Å². The van der Waals surface area contributed by atoms with Gasteiger partial charge in [0.05, 0.1) is 22.9 Å². The Morgan fingerprint density at radius 1 is 0.364 bits per heavy atom. The maximum Gasteiger partial charge on any atom is 0.0979 e. The summed E-state index contributed by atoms with van der Waals surface area (Å²) in [5, 5.41) is 9.90. The van der Waals surface area contributed by atoms with Gasteiger partial charge in [-0.3, -0.25) is 4.98 Å². The number of rotatable bonds is 2. The second kappa shape index (κ2) is 9.17. The molecule has 0 radical (unpaired) electrons. The molecule has 44 heavy (non-hydrogen) atoms. The first-order valence-electron chi connectivity index (χ1n) is 14.7. The van der Waals surface area contributed by atoms with Crippen LogP contribution in [-0.2, 0) is 0 Å². The van der Waals surface area contributed by atoms with Gasteiger partial charge in [-0.15, -0.1) is 22.7 Å². The van der Waals surface area contributed by atoms with Crippen molar-refractivity contribution in [2.24, 2.45) is 0 Å². The number of hydrogen-bond donors (Lipinski definition) is 0. The van der Waals surface area contributed by atoms with Crippen LogP contribution in [0.25, 0.3) is 95.3 Å². The molecule has 0 saturated heterocycles. The largest absolute Gasteiger partial charge is 0.252 e. The molecule has 4 heteroatoms. The van der Waals surface area contributed by atoms with Crippen LogP contribution < -0.4 is 0 Å². The summed E-state index contributed by atoms with van der Waals surface area (Å²) in [6.07, 6.45) is 1.96. The molecule has 0 saturated carbocycles. The van der Waals surface area contributed by atoms with E-state index in [9.17, 15) is 0 Å². The topological polar surface area (TPSA) is 25.8 Å².